The molecule has 1 fully saturated rings. The number of aromatic nitrogens is 1. The zero-order valence-corrected chi connectivity index (χ0v) is 11.8. The van der Waals surface area contributed by atoms with Crippen LogP contribution in [0.25, 0.3) is 0 Å². The van der Waals surface area contributed by atoms with Gasteiger partial charge in [0.1, 0.15) is 0 Å². The molecule has 2 rings (SSSR count). The molecule has 2 unspecified atom stereocenters. The van der Waals surface area contributed by atoms with Gasteiger partial charge >= 0.3 is 6.18 Å². The lowest BCUT2D eigenvalue weighted by Crippen LogP contribution is -2.42. The van der Waals surface area contributed by atoms with Crippen LogP contribution in [-0.2, 0) is 17.5 Å². The van der Waals surface area contributed by atoms with E-state index in [0.29, 0.717) is 19.8 Å². The van der Waals surface area contributed by atoms with Crippen molar-refractivity contribution in [2.24, 2.45) is 5.92 Å². The molecule has 21 heavy (non-hydrogen) atoms. The molecule has 118 valence electrons. The molecule has 0 bridgehead atoms. The molecule has 1 N–H and O–H groups in total. The Morgan fingerprint density at radius 3 is 2.81 bits per heavy atom. The van der Waals surface area contributed by atoms with Crippen molar-refractivity contribution in [3.8, 4) is 0 Å². The van der Waals surface area contributed by atoms with Gasteiger partial charge in [0.05, 0.1) is 12.2 Å². The van der Waals surface area contributed by atoms with Crippen LogP contribution in [0.5, 0.6) is 0 Å². The van der Waals surface area contributed by atoms with E-state index in [1.165, 1.54) is 0 Å². The number of nitrogens with one attached hydrogen (secondary N) is 1. The molecule has 1 aliphatic rings. The van der Waals surface area contributed by atoms with Crippen LogP contribution in [-0.4, -0.2) is 30.4 Å². The third-order valence-electron chi connectivity index (χ3n) is 3.70. The predicted octanol–water partition coefficient (Wildman–Crippen LogP) is 1.88. The highest BCUT2D eigenvalue weighted by Gasteiger charge is 2.32. The fourth-order valence-electron chi connectivity index (χ4n) is 2.57. The molecule has 1 saturated heterocycles. The second-order valence-corrected chi connectivity index (χ2v) is 5.19. The fourth-order valence-corrected chi connectivity index (χ4v) is 2.57. The van der Waals surface area contributed by atoms with Crippen molar-refractivity contribution in [1.29, 1.82) is 0 Å². The Morgan fingerprint density at radius 1 is 1.48 bits per heavy atom. The molecule has 2 heterocycles. The van der Waals surface area contributed by atoms with Gasteiger partial charge in [0.2, 0.25) is 0 Å². The van der Waals surface area contributed by atoms with Gasteiger partial charge in [0.25, 0.3) is 5.56 Å². The van der Waals surface area contributed by atoms with Crippen molar-refractivity contribution < 1.29 is 17.9 Å². The first kappa shape index (κ1) is 16.0. The molecule has 0 radical (unpaired) electrons. The molecule has 4 nitrogen and oxygen atoms in total. The normalized spacial score (nSPS) is 20.7. The Bertz CT molecular complexity index is 522. The van der Waals surface area contributed by atoms with E-state index in [1.807, 2.05) is 6.92 Å². The molecule has 0 amide bonds. The van der Waals surface area contributed by atoms with Gasteiger partial charge < -0.3 is 14.6 Å². The number of ether oxygens (including phenoxy) is 1. The van der Waals surface area contributed by atoms with Crippen LogP contribution in [0.4, 0.5) is 13.2 Å². The molecule has 2 atom stereocenters. The summed E-state index contributed by atoms with van der Waals surface area (Å²) in [6, 6.07) is 1.72. The van der Waals surface area contributed by atoms with Gasteiger partial charge in [-0.1, -0.05) is 6.92 Å². The second kappa shape index (κ2) is 6.62. The lowest BCUT2D eigenvalue weighted by Gasteiger charge is -2.24. The quantitative estimate of drug-likeness (QED) is 0.903. The lowest BCUT2D eigenvalue weighted by atomic mass is 9.98. The fraction of sp³-hybridized carbons (Fsp3) is 0.643. The zero-order chi connectivity index (χ0) is 15.5. The second-order valence-electron chi connectivity index (χ2n) is 5.19. The summed E-state index contributed by atoms with van der Waals surface area (Å²) in [7, 11) is 0. The highest BCUT2D eigenvalue weighted by atomic mass is 19.4. The SMILES string of the molecule is CCNC(Cn1cc(C(F)(F)F)ccc1=O)C1CCOC1. The minimum atomic E-state index is -4.44. The van der Waals surface area contributed by atoms with Crippen molar-refractivity contribution in [1.82, 2.24) is 9.88 Å². The largest absolute Gasteiger partial charge is 0.417 e. The predicted molar refractivity (Wildman–Crippen MR) is 72.1 cm³/mol. The molecule has 1 aliphatic heterocycles. The zero-order valence-electron chi connectivity index (χ0n) is 11.8. The summed E-state index contributed by atoms with van der Waals surface area (Å²) in [5.41, 5.74) is -1.23. The summed E-state index contributed by atoms with van der Waals surface area (Å²) < 4.78 is 44.7. The van der Waals surface area contributed by atoms with Crippen LogP contribution >= 0.6 is 0 Å². The first-order valence-electron chi connectivity index (χ1n) is 7.00. The number of rotatable bonds is 5. The molecular weight excluding hydrogens is 285 g/mol. The van der Waals surface area contributed by atoms with Crippen molar-refractivity contribution in [2.75, 3.05) is 19.8 Å². The third-order valence-corrected chi connectivity index (χ3v) is 3.70. The minimum absolute atomic E-state index is 0.0707. The van der Waals surface area contributed by atoms with E-state index in [-0.39, 0.29) is 18.5 Å². The highest BCUT2D eigenvalue weighted by Crippen LogP contribution is 2.28. The average molecular weight is 304 g/mol. The molecule has 0 saturated carbocycles. The molecule has 0 aliphatic carbocycles. The van der Waals surface area contributed by atoms with Crippen LogP contribution in [0.3, 0.4) is 0 Å². The minimum Gasteiger partial charge on any atom is -0.381 e. The first-order valence-corrected chi connectivity index (χ1v) is 7.00. The van der Waals surface area contributed by atoms with Crippen LogP contribution in [0.1, 0.15) is 18.9 Å². The van der Waals surface area contributed by atoms with E-state index >= 15 is 0 Å². The van der Waals surface area contributed by atoms with Gasteiger partial charge in [-0.05, 0) is 19.0 Å². The number of hydrogen-bond acceptors (Lipinski definition) is 3. The topological polar surface area (TPSA) is 43.3 Å². The van der Waals surface area contributed by atoms with Crippen molar-refractivity contribution >= 4 is 0 Å². The van der Waals surface area contributed by atoms with Gasteiger partial charge in [-0.25, -0.2) is 0 Å². The molecule has 7 heteroatoms. The van der Waals surface area contributed by atoms with Gasteiger partial charge in [-0.2, -0.15) is 13.2 Å². The number of halogens is 3. The number of nitrogens with zero attached hydrogens (tertiary/aromatic N) is 1. The number of alkyl halides is 3. The van der Waals surface area contributed by atoms with E-state index in [4.69, 9.17) is 4.74 Å². The van der Waals surface area contributed by atoms with Crippen LogP contribution < -0.4 is 10.9 Å². The Kier molecular flexibility index (Phi) is 5.05. The number of likely N-dealkylation sites (N-methyl/N-ethyl adjacent to an activating group) is 1. The number of hydrogen-bond donors (Lipinski definition) is 1. The first-order chi connectivity index (χ1) is 9.91. The summed E-state index contributed by atoms with van der Waals surface area (Å²) in [5.74, 6) is 0.214. The van der Waals surface area contributed by atoms with E-state index in [2.05, 4.69) is 5.32 Å². The Labute approximate surface area is 120 Å². The summed E-state index contributed by atoms with van der Waals surface area (Å²) >= 11 is 0. The van der Waals surface area contributed by atoms with E-state index < -0.39 is 17.3 Å². The summed E-state index contributed by atoms with van der Waals surface area (Å²) in [4.78, 5) is 11.8. The Hall–Kier alpha value is -1.34. The monoisotopic (exact) mass is 304 g/mol. The maximum Gasteiger partial charge on any atom is 0.417 e. The standard InChI is InChI=1S/C14H19F3N2O2/c1-2-18-12(10-5-6-21-9-10)8-19-7-11(14(15,16)17)3-4-13(19)20/h3-4,7,10,12,18H,2,5-6,8-9H2,1H3. The summed E-state index contributed by atoms with van der Waals surface area (Å²) in [5, 5.41) is 3.24. The van der Waals surface area contributed by atoms with Crippen LogP contribution in [0.15, 0.2) is 23.1 Å². The summed E-state index contributed by atoms with van der Waals surface area (Å²) in [6.07, 6.45) is -2.70. The van der Waals surface area contributed by atoms with Gasteiger partial charge in [-0.3, -0.25) is 4.79 Å². The molecule has 1 aromatic heterocycles. The van der Waals surface area contributed by atoms with E-state index in [1.54, 1.807) is 0 Å². The van der Waals surface area contributed by atoms with Gasteiger partial charge in [-0.15, -0.1) is 0 Å². The van der Waals surface area contributed by atoms with Gasteiger partial charge in [0, 0.05) is 37.4 Å². The number of pyridine rings is 1. The van der Waals surface area contributed by atoms with Crippen molar-refractivity contribution in [3.05, 3.63) is 34.2 Å². The lowest BCUT2D eigenvalue weighted by molar-refractivity contribution is -0.138. The Balaban J connectivity index is 2.21. The van der Waals surface area contributed by atoms with Crippen molar-refractivity contribution in [2.45, 2.75) is 32.1 Å². The average Bonchev–Trinajstić information content (AvgIpc) is 2.93. The maximum atomic E-state index is 12.7. The Morgan fingerprint density at radius 2 is 2.24 bits per heavy atom. The van der Waals surface area contributed by atoms with E-state index in [0.717, 1.165) is 29.3 Å². The molecule has 1 aromatic rings. The molecule has 0 aromatic carbocycles. The summed E-state index contributed by atoms with van der Waals surface area (Å²) in [6.45, 7) is 4.06. The molecule has 0 spiro atoms. The van der Waals surface area contributed by atoms with Crippen molar-refractivity contribution in [3.63, 3.8) is 0 Å². The highest BCUT2D eigenvalue weighted by molar-refractivity contribution is 5.13. The van der Waals surface area contributed by atoms with E-state index in [9.17, 15) is 18.0 Å². The third kappa shape index (κ3) is 4.07. The maximum absolute atomic E-state index is 12.7. The van der Waals surface area contributed by atoms with Gasteiger partial charge in [0.15, 0.2) is 0 Å². The smallest absolute Gasteiger partial charge is 0.381 e. The van der Waals surface area contributed by atoms with Crippen LogP contribution in [0.2, 0.25) is 0 Å². The molecular formula is C14H19F3N2O2. The van der Waals surface area contributed by atoms with Crippen LogP contribution in [0, 0.1) is 5.92 Å².